The van der Waals surface area contributed by atoms with Gasteiger partial charge in [0.25, 0.3) is 0 Å². The summed E-state index contributed by atoms with van der Waals surface area (Å²) in [6.45, 7) is 0. The van der Waals surface area contributed by atoms with E-state index in [0.717, 1.165) is 11.2 Å². The van der Waals surface area contributed by atoms with Gasteiger partial charge in [0.15, 0.2) is 0 Å². The maximum absolute atomic E-state index is 6.29. The van der Waals surface area contributed by atoms with Gasteiger partial charge in [-0.25, -0.2) is 0 Å². The van der Waals surface area contributed by atoms with Crippen molar-refractivity contribution in [3.8, 4) is 11.1 Å². The fourth-order valence-electron chi connectivity index (χ4n) is 6.91. The normalized spacial score (nSPS) is 24.1. The summed E-state index contributed by atoms with van der Waals surface area (Å²) < 4.78 is 6.29. The number of benzene rings is 4. The van der Waals surface area contributed by atoms with Crippen LogP contribution in [0, 0.1) is 5.92 Å². The molecule has 3 aliphatic rings. The lowest BCUT2D eigenvalue weighted by Crippen LogP contribution is -2.32. The monoisotopic (exact) mass is 408 g/mol. The van der Waals surface area contributed by atoms with E-state index >= 15 is 0 Å². The van der Waals surface area contributed by atoms with E-state index in [1.807, 2.05) is 0 Å². The lowest BCUT2D eigenvalue weighted by molar-refractivity contribution is 0.465. The summed E-state index contributed by atoms with van der Waals surface area (Å²) in [6.07, 6.45) is 9.28. The predicted octanol–water partition coefficient (Wildman–Crippen LogP) is 7.74. The Morgan fingerprint density at radius 3 is 2.38 bits per heavy atom. The fourth-order valence-corrected chi connectivity index (χ4v) is 6.91. The molecule has 150 valence electrons. The summed E-state index contributed by atoms with van der Waals surface area (Å²) in [7, 11) is 0. The minimum atomic E-state index is -0.180. The van der Waals surface area contributed by atoms with Crippen LogP contribution >= 0.6 is 0 Å². The zero-order chi connectivity index (χ0) is 20.9. The predicted molar refractivity (Wildman–Crippen MR) is 130 cm³/mol. The number of fused-ring (bicyclic) bond motifs is 14. The lowest BCUT2D eigenvalue weighted by Gasteiger charge is -2.36. The highest BCUT2D eigenvalue weighted by Crippen LogP contribution is 2.66. The molecule has 32 heavy (non-hydrogen) atoms. The van der Waals surface area contributed by atoms with E-state index in [-0.39, 0.29) is 5.41 Å². The number of allylic oxidation sites excluding steroid dienone is 4. The summed E-state index contributed by atoms with van der Waals surface area (Å²) in [5.41, 5.74) is 10.2. The summed E-state index contributed by atoms with van der Waals surface area (Å²) in [4.78, 5) is 0. The van der Waals surface area contributed by atoms with Crippen molar-refractivity contribution in [2.75, 3.05) is 0 Å². The quantitative estimate of drug-likeness (QED) is 0.255. The van der Waals surface area contributed by atoms with E-state index in [9.17, 15) is 0 Å². The van der Waals surface area contributed by atoms with Crippen LogP contribution < -0.4 is 0 Å². The van der Waals surface area contributed by atoms with Crippen molar-refractivity contribution in [2.45, 2.75) is 11.3 Å². The smallest absolute Gasteiger partial charge is 0.136 e. The van der Waals surface area contributed by atoms with Gasteiger partial charge in [-0.2, -0.15) is 0 Å². The summed E-state index contributed by atoms with van der Waals surface area (Å²) >= 11 is 0. The van der Waals surface area contributed by atoms with Crippen LogP contribution in [0.2, 0.25) is 0 Å². The van der Waals surface area contributed by atoms with Crippen LogP contribution in [-0.2, 0) is 5.41 Å². The van der Waals surface area contributed by atoms with Gasteiger partial charge in [0, 0.05) is 22.6 Å². The molecule has 5 aromatic rings. The first kappa shape index (κ1) is 16.8. The topological polar surface area (TPSA) is 13.1 Å². The van der Waals surface area contributed by atoms with E-state index in [0.29, 0.717) is 11.8 Å². The molecule has 3 aliphatic carbocycles. The van der Waals surface area contributed by atoms with Crippen molar-refractivity contribution in [2.24, 2.45) is 5.92 Å². The van der Waals surface area contributed by atoms with Crippen molar-refractivity contribution in [3.05, 3.63) is 131 Å². The number of furan rings is 1. The van der Waals surface area contributed by atoms with Crippen LogP contribution in [0.3, 0.4) is 0 Å². The molecule has 0 saturated carbocycles. The molecule has 0 fully saturated rings. The minimum absolute atomic E-state index is 0.180. The van der Waals surface area contributed by atoms with Gasteiger partial charge in [-0.15, -0.1) is 0 Å². The second-order valence-electron chi connectivity index (χ2n) is 9.22. The zero-order valence-corrected chi connectivity index (χ0v) is 17.5. The molecule has 0 N–H and O–H groups in total. The maximum atomic E-state index is 6.29. The van der Waals surface area contributed by atoms with Gasteiger partial charge in [0.05, 0.1) is 5.41 Å². The van der Waals surface area contributed by atoms with Crippen molar-refractivity contribution in [1.82, 2.24) is 0 Å². The van der Waals surface area contributed by atoms with Gasteiger partial charge >= 0.3 is 0 Å². The van der Waals surface area contributed by atoms with Crippen LogP contribution in [0.5, 0.6) is 0 Å². The first-order valence-electron chi connectivity index (χ1n) is 11.4. The van der Waals surface area contributed by atoms with Crippen LogP contribution in [0.4, 0.5) is 0 Å². The molecule has 1 nitrogen and oxygen atoms in total. The van der Waals surface area contributed by atoms with E-state index < -0.39 is 0 Å². The molecule has 0 amide bonds. The molecule has 0 bridgehead atoms. The Bertz CT molecular complexity index is 1650. The van der Waals surface area contributed by atoms with E-state index in [1.54, 1.807) is 0 Å². The first-order valence-corrected chi connectivity index (χ1v) is 11.4. The van der Waals surface area contributed by atoms with Gasteiger partial charge in [-0.1, -0.05) is 97.1 Å². The lowest BCUT2D eigenvalue weighted by atomic mass is 9.65. The van der Waals surface area contributed by atoms with Crippen molar-refractivity contribution in [3.63, 3.8) is 0 Å². The standard InChI is InChI=1S/C31H20O/c1-5-13-23-19(9-1)20-10-2-6-14-24(20)31(23)25-15-7-3-11-21(25)29-26(31)17-18-28-30(29)22-12-4-8-16-27(22)32-28/h1-19,23H. The molecule has 3 unspecified atom stereocenters. The third kappa shape index (κ3) is 1.75. The van der Waals surface area contributed by atoms with Crippen molar-refractivity contribution in [1.29, 1.82) is 0 Å². The van der Waals surface area contributed by atoms with Crippen LogP contribution in [0.15, 0.2) is 114 Å². The van der Waals surface area contributed by atoms with Gasteiger partial charge in [0.2, 0.25) is 0 Å². The number of para-hydroxylation sites is 1. The molecule has 1 heterocycles. The molecule has 4 aromatic carbocycles. The molecule has 0 saturated heterocycles. The second-order valence-corrected chi connectivity index (χ2v) is 9.22. The first-order chi connectivity index (χ1) is 15.9. The average Bonchev–Trinajstić information content (AvgIpc) is 3.48. The highest BCUT2D eigenvalue weighted by molar-refractivity contribution is 6.15. The number of hydrogen-bond acceptors (Lipinski definition) is 1. The summed E-state index contributed by atoms with van der Waals surface area (Å²) in [6, 6.07) is 31.1. The maximum Gasteiger partial charge on any atom is 0.136 e. The molecule has 8 rings (SSSR count). The van der Waals surface area contributed by atoms with Gasteiger partial charge in [-0.3, -0.25) is 0 Å². The molecule has 3 atom stereocenters. The largest absolute Gasteiger partial charge is 0.456 e. The van der Waals surface area contributed by atoms with Crippen LogP contribution in [0.1, 0.15) is 28.2 Å². The van der Waals surface area contributed by atoms with Crippen LogP contribution in [0.25, 0.3) is 33.1 Å². The molecule has 1 aromatic heterocycles. The Morgan fingerprint density at radius 2 is 1.41 bits per heavy atom. The van der Waals surface area contributed by atoms with E-state index in [1.165, 1.54) is 44.2 Å². The third-order valence-electron chi connectivity index (χ3n) is 7.97. The Kier molecular flexibility index (Phi) is 2.99. The Balaban J connectivity index is 1.60. The molecule has 1 heteroatoms. The van der Waals surface area contributed by atoms with Gasteiger partial charge in [0.1, 0.15) is 11.2 Å². The molecular weight excluding hydrogens is 388 g/mol. The minimum Gasteiger partial charge on any atom is -0.456 e. The van der Waals surface area contributed by atoms with Crippen molar-refractivity contribution < 1.29 is 4.42 Å². The zero-order valence-electron chi connectivity index (χ0n) is 17.5. The summed E-state index contributed by atoms with van der Waals surface area (Å²) in [5, 5.41) is 2.45. The Labute approximate surface area is 186 Å². The van der Waals surface area contributed by atoms with Crippen molar-refractivity contribution >= 4 is 21.9 Å². The Morgan fingerprint density at radius 1 is 0.625 bits per heavy atom. The summed E-state index contributed by atoms with van der Waals surface area (Å²) in [5.74, 6) is 0.759. The highest BCUT2D eigenvalue weighted by Gasteiger charge is 2.57. The number of rotatable bonds is 0. The van der Waals surface area contributed by atoms with Crippen LogP contribution in [-0.4, -0.2) is 0 Å². The number of hydrogen-bond donors (Lipinski definition) is 0. The van der Waals surface area contributed by atoms with Gasteiger partial charge < -0.3 is 4.42 Å². The van der Waals surface area contributed by atoms with E-state index in [2.05, 4.69) is 109 Å². The molecule has 0 radical (unpaired) electrons. The average molecular weight is 409 g/mol. The van der Waals surface area contributed by atoms with Gasteiger partial charge in [-0.05, 0) is 45.5 Å². The molecular formula is C31H20O. The second kappa shape index (κ2) is 5.69. The Hall–Kier alpha value is -3.84. The SMILES string of the molecule is C1=CC2c3ccccc3C3(c4ccccc4-c4c3ccc3oc5ccccc5c43)C2C=C1. The van der Waals surface area contributed by atoms with E-state index in [4.69, 9.17) is 4.42 Å². The molecule has 0 aliphatic heterocycles. The highest BCUT2D eigenvalue weighted by atomic mass is 16.3. The third-order valence-corrected chi connectivity index (χ3v) is 7.97. The molecule has 1 spiro atoms. The fraction of sp³-hybridized carbons (Fsp3) is 0.0968.